The first-order valence-corrected chi connectivity index (χ1v) is 10.4. The van der Waals surface area contributed by atoms with E-state index in [2.05, 4.69) is 25.7 Å². The minimum Gasteiger partial charge on any atom is -0.481 e. The number of hydrogen-bond acceptors (Lipinski definition) is 12. The molecule has 16 nitrogen and oxygen atoms in total. The molecular formula is C18H34N4O12. The Morgan fingerprint density at radius 1 is 0.706 bits per heavy atom. The molecule has 0 aromatic carbocycles. The number of nitrogens with zero attached hydrogens (tertiary/aromatic N) is 1. The van der Waals surface area contributed by atoms with Gasteiger partial charge in [-0.2, -0.15) is 0 Å². The van der Waals surface area contributed by atoms with Crippen LogP contribution >= 0.6 is 0 Å². The summed E-state index contributed by atoms with van der Waals surface area (Å²) < 4.78 is 0. The quantitative estimate of drug-likeness (QED) is 0.0528. The summed E-state index contributed by atoms with van der Waals surface area (Å²) in [5.41, 5.74) is 0. The van der Waals surface area contributed by atoms with Crippen LogP contribution in [0.5, 0.6) is 0 Å². The van der Waals surface area contributed by atoms with Crippen LogP contribution < -0.4 is 16.0 Å². The Labute approximate surface area is 195 Å². The molecule has 0 aliphatic heterocycles. The van der Waals surface area contributed by atoms with E-state index in [1.807, 2.05) is 4.90 Å². The van der Waals surface area contributed by atoms with E-state index in [-0.39, 0.29) is 45.4 Å². The van der Waals surface area contributed by atoms with E-state index in [0.717, 1.165) is 0 Å². The summed E-state index contributed by atoms with van der Waals surface area (Å²) in [7, 11) is 0. The average Bonchev–Trinajstić information content (AvgIpc) is 2.74. The smallest absolute Gasteiger partial charge is 0.321 e. The van der Waals surface area contributed by atoms with E-state index in [1.165, 1.54) is 0 Å². The van der Waals surface area contributed by atoms with Gasteiger partial charge in [0, 0.05) is 45.3 Å². The van der Waals surface area contributed by atoms with Crippen LogP contribution in [0.15, 0.2) is 0 Å². The number of carboxylic acids is 4. The Morgan fingerprint density at radius 2 is 1.15 bits per heavy atom. The van der Waals surface area contributed by atoms with Crippen LogP contribution in [0.3, 0.4) is 0 Å². The van der Waals surface area contributed by atoms with Gasteiger partial charge in [-0.15, -0.1) is 0 Å². The molecule has 198 valence electrons. The summed E-state index contributed by atoms with van der Waals surface area (Å²) >= 11 is 0. The molecule has 3 unspecified atom stereocenters. The molecule has 0 aromatic heterocycles. The van der Waals surface area contributed by atoms with Crippen molar-refractivity contribution < 1.29 is 59.9 Å². The van der Waals surface area contributed by atoms with E-state index < -0.39 is 48.8 Å². The molecule has 0 radical (unpaired) electrons. The number of aliphatic carboxylic acids is 4. The van der Waals surface area contributed by atoms with Crippen molar-refractivity contribution >= 4 is 23.9 Å². The maximum Gasteiger partial charge on any atom is 0.321 e. The average molecular weight is 498 g/mol. The lowest BCUT2D eigenvalue weighted by Gasteiger charge is -2.26. The number of hydrogen-bond donors (Lipinski definition) is 9. The van der Waals surface area contributed by atoms with Gasteiger partial charge < -0.3 is 36.4 Å². The summed E-state index contributed by atoms with van der Waals surface area (Å²) in [6.45, 7) is 1.42. The SMILES string of the molecule is O=C(O)CC(NCCN(CCNC(CCOO)COO)CCNC(CC(=O)O)C(=O)O)C(=O)O. The molecule has 0 aliphatic rings. The van der Waals surface area contributed by atoms with Gasteiger partial charge in [-0.25, -0.2) is 9.78 Å². The van der Waals surface area contributed by atoms with Crippen molar-refractivity contribution in [2.24, 2.45) is 0 Å². The molecule has 0 amide bonds. The van der Waals surface area contributed by atoms with E-state index in [9.17, 15) is 19.2 Å². The summed E-state index contributed by atoms with van der Waals surface area (Å²) in [4.78, 5) is 53.9. The predicted octanol–water partition coefficient (Wildman–Crippen LogP) is -2.35. The highest BCUT2D eigenvalue weighted by molar-refractivity contribution is 5.81. The van der Waals surface area contributed by atoms with Gasteiger partial charge in [-0.3, -0.25) is 34.6 Å². The first-order chi connectivity index (χ1) is 16.1. The van der Waals surface area contributed by atoms with Crippen LogP contribution in [-0.4, -0.2) is 130 Å². The Bertz CT molecular complexity index is 584. The highest BCUT2D eigenvalue weighted by Gasteiger charge is 2.22. The van der Waals surface area contributed by atoms with E-state index in [0.29, 0.717) is 19.5 Å². The molecule has 9 N–H and O–H groups in total. The van der Waals surface area contributed by atoms with Gasteiger partial charge in [-0.1, -0.05) is 0 Å². The molecule has 0 fully saturated rings. The Balaban J connectivity index is 4.88. The molecule has 16 heteroatoms. The second kappa shape index (κ2) is 18.9. The van der Waals surface area contributed by atoms with E-state index >= 15 is 0 Å². The first-order valence-electron chi connectivity index (χ1n) is 10.4. The monoisotopic (exact) mass is 498 g/mol. The van der Waals surface area contributed by atoms with E-state index in [1.54, 1.807) is 0 Å². The zero-order valence-electron chi connectivity index (χ0n) is 18.6. The van der Waals surface area contributed by atoms with Crippen LogP contribution in [-0.2, 0) is 29.0 Å². The largest absolute Gasteiger partial charge is 0.481 e. The second-order valence-electron chi connectivity index (χ2n) is 7.30. The fraction of sp³-hybridized carbons (Fsp3) is 0.778. The molecule has 0 saturated heterocycles. The van der Waals surface area contributed by atoms with Crippen LogP contribution in [0.25, 0.3) is 0 Å². The van der Waals surface area contributed by atoms with Gasteiger partial charge >= 0.3 is 23.9 Å². The molecule has 0 heterocycles. The minimum atomic E-state index is -1.31. The van der Waals surface area contributed by atoms with Crippen molar-refractivity contribution in [3.05, 3.63) is 0 Å². The van der Waals surface area contributed by atoms with Gasteiger partial charge in [0.05, 0.1) is 26.1 Å². The van der Waals surface area contributed by atoms with E-state index in [4.69, 9.17) is 30.9 Å². The normalized spacial score (nSPS) is 14.0. The van der Waals surface area contributed by atoms with Crippen molar-refractivity contribution in [1.82, 2.24) is 20.9 Å². The highest BCUT2D eigenvalue weighted by Crippen LogP contribution is 1.97. The maximum atomic E-state index is 11.2. The van der Waals surface area contributed by atoms with Crippen LogP contribution in [0, 0.1) is 0 Å². The number of carboxylic acid groups (broad SMARTS) is 4. The van der Waals surface area contributed by atoms with Crippen molar-refractivity contribution in [2.75, 3.05) is 52.5 Å². The van der Waals surface area contributed by atoms with Gasteiger partial charge in [0.1, 0.15) is 12.1 Å². The van der Waals surface area contributed by atoms with Crippen molar-refractivity contribution in [3.8, 4) is 0 Å². The zero-order valence-corrected chi connectivity index (χ0v) is 18.6. The summed E-state index contributed by atoms with van der Waals surface area (Å²) in [6.07, 6.45) is -0.890. The summed E-state index contributed by atoms with van der Waals surface area (Å²) in [6, 6.07) is -2.92. The third-order valence-electron chi connectivity index (χ3n) is 4.69. The second-order valence-corrected chi connectivity index (χ2v) is 7.30. The molecule has 0 spiro atoms. The van der Waals surface area contributed by atoms with Crippen molar-refractivity contribution in [2.45, 2.75) is 37.4 Å². The first kappa shape index (κ1) is 31.6. The summed E-state index contributed by atoms with van der Waals surface area (Å²) in [5.74, 6) is -5.17. The number of nitrogens with one attached hydrogen (secondary N) is 3. The maximum absolute atomic E-state index is 11.2. The molecule has 34 heavy (non-hydrogen) atoms. The fourth-order valence-corrected chi connectivity index (χ4v) is 2.93. The molecule has 0 saturated carbocycles. The Hall–Kier alpha value is -2.44. The Morgan fingerprint density at radius 3 is 1.50 bits per heavy atom. The third-order valence-corrected chi connectivity index (χ3v) is 4.69. The molecule has 0 rings (SSSR count). The van der Waals surface area contributed by atoms with Crippen LogP contribution in [0.2, 0.25) is 0 Å². The number of carbonyl (C=O) groups is 4. The lowest BCUT2D eigenvalue weighted by molar-refractivity contribution is -0.257. The van der Waals surface area contributed by atoms with Gasteiger partial charge in [0.15, 0.2) is 0 Å². The molecular weight excluding hydrogens is 464 g/mol. The Kier molecular flexibility index (Phi) is 17.6. The predicted molar refractivity (Wildman–Crippen MR) is 113 cm³/mol. The zero-order chi connectivity index (χ0) is 25.9. The third kappa shape index (κ3) is 16.2. The fourth-order valence-electron chi connectivity index (χ4n) is 2.93. The van der Waals surface area contributed by atoms with Crippen molar-refractivity contribution in [3.63, 3.8) is 0 Å². The van der Waals surface area contributed by atoms with Gasteiger partial charge in [0.25, 0.3) is 0 Å². The van der Waals surface area contributed by atoms with Crippen molar-refractivity contribution in [1.29, 1.82) is 0 Å². The lowest BCUT2D eigenvalue weighted by Crippen LogP contribution is -2.47. The molecule has 3 atom stereocenters. The highest BCUT2D eigenvalue weighted by atomic mass is 17.1. The molecule has 0 aromatic rings. The number of rotatable bonds is 23. The van der Waals surface area contributed by atoms with Crippen LogP contribution in [0.1, 0.15) is 19.3 Å². The van der Waals surface area contributed by atoms with Gasteiger partial charge in [-0.05, 0) is 6.42 Å². The van der Waals surface area contributed by atoms with Crippen LogP contribution in [0.4, 0.5) is 0 Å². The molecule has 0 bridgehead atoms. The topological polar surface area (TPSA) is 247 Å². The molecule has 0 aliphatic carbocycles. The summed E-state index contributed by atoms with van der Waals surface area (Å²) in [5, 5.41) is 61.3. The minimum absolute atomic E-state index is 0.00110. The van der Waals surface area contributed by atoms with Gasteiger partial charge in [0.2, 0.25) is 0 Å². The standard InChI is InChI=1S/C18H34N4O12/c23-15(24)9-13(17(27)28)20-3-6-22(5-2-19-12(11-34-32)1-8-33-31)7-4-21-14(18(29)30)10-16(25)26/h12-14,19-21,31-32H,1-11H2,(H,23,24)(H,25,26)(H,27,28)(H,29,30). The lowest BCUT2D eigenvalue weighted by atomic mass is 10.2.